The van der Waals surface area contributed by atoms with E-state index in [-0.39, 0.29) is 5.92 Å². The van der Waals surface area contributed by atoms with Gasteiger partial charge in [0.05, 0.1) is 12.2 Å². The fourth-order valence-corrected chi connectivity index (χ4v) is 3.35. The van der Waals surface area contributed by atoms with E-state index in [0.29, 0.717) is 6.04 Å². The van der Waals surface area contributed by atoms with Crippen LogP contribution in [0.15, 0.2) is 4.42 Å². The summed E-state index contributed by atoms with van der Waals surface area (Å²) in [5.41, 5.74) is 3.75. The SMILES string of the molecule is Cc1nn(C)c(C)c1C1CCCN1Cc1nnc(C(C)C)o1. The summed E-state index contributed by atoms with van der Waals surface area (Å²) < 4.78 is 7.75. The monoisotopic (exact) mass is 303 g/mol. The maximum atomic E-state index is 5.77. The van der Waals surface area contributed by atoms with Crippen LogP contribution in [0.4, 0.5) is 0 Å². The Balaban J connectivity index is 1.81. The molecule has 22 heavy (non-hydrogen) atoms. The van der Waals surface area contributed by atoms with E-state index in [1.54, 1.807) is 0 Å². The molecule has 1 unspecified atom stereocenters. The predicted octanol–water partition coefficient (Wildman–Crippen LogP) is 2.88. The van der Waals surface area contributed by atoms with Crippen molar-refractivity contribution in [2.24, 2.45) is 7.05 Å². The summed E-state index contributed by atoms with van der Waals surface area (Å²) in [5.74, 6) is 1.72. The van der Waals surface area contributed by atoms with Crippen LogP contribution in [0.2, 0.25) is 0 Å². The smallest absolute Gasteiger partial charge is 0.230 e. The molecule has 120 valence electrons. The fraction of sp³-hybridized carbons (Fsp3) is 0.688. The zero-order chi connectivity index (χ0) is 15.9. The lowest BCUT2D eigenvalue weighted by molar-refractivity contribution is 0.219. The van der Waals surface area contributed by atoms with Gasteiger partial charge < -0.3 is 4.42 Å². The van der Waals surface area contributed by atoms with Gasteiger partial charge in [0.25, 0.3) is 0 Å². The molecule has 2 aromatic rings. The number of hydrogen-bond donors (Lipinski definition) is 0. The van der Waals surface area contributed by atoms with Gasteiger partial charge in [-0.3, -0.25) is 9.58 Å². The lowest BCUT2D eigenvalue weighted by atomic mass is 10.0. The lowest BCUT2D eigenvalue weighted by Crippen LogP contribution is -2.23. The number of nitrogens with zero attached hydrogens (tertiary/aromatic N) is 5. The van der Waals surface area contributed by atoms with Gasteiger partial charge in [-0.05, 0) is 33.2 Å². The highest BCUT2D eigenvalue weighted by Crippen LogP contribution is 2.36. The minimum absolute atomic E-state index is 0.276. The van der Waals surface area contributed by atoms with Gasteiger partial charge in [0.15, 0.2) is 0 Å². The van der Waals surface area contributed by atoms with Crippen molar-refractivity contribution in [3.05, 3.63) is 28.7 Å². The quantitative estimate of drug-likeness (QED) is 0.869. The van der Waals surface area contributed by atoms with E-state index < -0.39 is 0 Å². The average molecular weight is 303 g/mol. The van der Waals surface area contributed by atoms with Crippen molar-refractivity contribution in [1.82, 2.24) is 24.9 Å². The van der Waals surface area contributed by atoms with E-state index in [2.05, 4.69) is 47.9 Å². The van der Waals surface area contributed by atoms with E-state index in [9.17, 15) is 0 Å². The maximum Gasteiger partial charge on any atom is 0.230 e. The predicted molar refractivity (Wildman–Crippen MR) is 83.5 cm³/mol. The molecule has 0 radical (unpaired) electrons. The Kier molecular flexibility index (Phi) is 4.04. The minimum Gasteiger partial charge on any atom is -0.424 e. The molecule has 1 aliphatic heterocycles. The Morgan fingerprint density at radius 1 is 1.27 bits per heavy atom. The lowest BCUT2D eigenvalue weighted by Gasteiger charge is -2.23. The molecule has 1 saturated heterocycles. The second-order valence-electron chi connectivity index (χ2n) is 6.53. The summed E-state index contributed by atoms with van der Waals surface area (Å²) in [4.78, 5) is 2.44. The molecule has 6 heteroatoms. The molecule has 1 aliphatic rings. The van der Waals surface area contributed by atoms with Gasteiger partial charge in [-0.15, -0.1) is 10.2 Å². The number of likely N-dealkylation sites (tertiary alicyclic amines) is 1. The van der Waals surface area contributed by atoms with Crippen LogP contribution in [0.25, 0.3) is 0 Å². The highest BCUT2D eigenvalue weighted by atomic mass is 16.4. The molecule has 0 saturated carbocycles. The summed E-state index contributed by atoms with van der Waals surface area (Å²) in [7, 11) is 2.01. The third-order valence-electron chi connectivity index (χ3n) is 4.58. The summed E-state index contributed by atoms with van der Waals surface area (Å²) in [6.45, 7) is 10.2. The summed E-state index contributed by atoms with van der Waals surface area (Å²) in [5, 5.41) is 12.9. The Bertz CT molecular complexity index is 658. The van der Waals surface area contributed by atoms with Crippen molar-refractivity contribution in [3.8, 4) is 0 Å². The molecule has 0 spiro atoms. The first-order valence-electron chi connectivity index (χ1n) is 8.03. The molecule has 0 aromatic carbocycles. The Hall–Kier alpha value is -1.69. The van der Waals surface area contributed by atoms with Gasteiger partial charge >= 0.3 is 0 Å². The molecule has 0 aliphatic carbocycles. The fourth-order valence-electron chi connectivity index (χ4n) is 3.35. The largest absolute Gasteiger partial charge is 0.424 e. The van der Waals surface area contributed by atoms with Gasteiger partial charge in [-0.2, -0.15) is 5.10 Å². The summed E-state index contributed by atoms with van der Waals surface area (Å²) >= 11 is 0. The van der Waals surface area contributed by atoms with E-state index in [1.165, 1.54) is 24.1 Å². The van der Waals surface area contributed by atoms with Crippen molar-refractivity contribution in [2.75, 3.05) is 6.54 Å². The average Bonchev–Trinajstić information content (AvgIpc) is 3.14. The zero-order valence-electron chi connectivity index (χ0n) is 14.1. The van der Waals surface area contributed by atoms with E-state index in [1.807, 2.05) is 11.7 Å². The van der Waals surface area contributed by atoms with Crippen LogP contribution in [-0.2, 0) is 13.6 Å². The van der Waals surface area contributed by atoms with E-state index >= 15 is 0 Å². The standard InChI is InChI=1S/C16H25N5O/c1-10(2)16-18-17-14(22-16)9-21-8-6-7-13(21)15-11(3)19-20(5)12(15)4/h10,13H,6-9H2,1-5H3. The number of rotatable bonds is 4. The first-order chi connectivity index (χ1) is 10.5. The molecule has 1 fully saturated rings. The van der Waals surface area contributed by atoms with Crippen molar-refractivity contribution in [3.63, 3.8) is 0 Å². The van der Waals surface area contributed by atoms with Crippen molar-refractivity contribution in [1.29, 1.82) is 0 Å². The third kappa shape index (κ3) is 2.67. The van der Waals surface area contributed by atoms with Gasteiger partial charge in [0, 0.05) is 30.3 Å². The highest BCUT2D eigenvalue weighted by Gasteiger charge is 2.31. The van der Waals surface area contributed by atoms with Crippen LogP contribution in [0.3, 0.4) is 0 Å². The zero-order valence-corrected chi connectivity index (χ0v) is 14.1. The second-order valence-corrected chi connectivity index (χ2v) is 6.53. The minimum atomic E-state index is 0.276. The van der Waals surface area contributed by atoms with Crippen LogP contribution < -0.4 is 0 Å². The van der Waals surface area contributed by atoms with Gasteiger partial charge in [-0.25, -0.2) is 0 Å². The Morgan fingerprint density at radius 2 is 2.05 bits per heavy atom. The summed E-state index contributed by atoms with van der Waals surface area (Å²) in [6.07, 6.45) is 2.36. The molecule has 6 nitrogen and oxygen atoms in total. The van der Waals surface area contributed by atoms with Crippen molar-refractivity contribution >= 4 is 0 Å². The third-order valence-corrected chi connectivity index (χ3v) is 4.58. The molecule has 0 amide bonds. The molecular formula is C16H25N5O. The van der Waals surface area contributed by atoms with Crippen LogP contribution >= 0.6 is 0 Å². The highest BCUT2D eigenvalue weighted by molar-refractivity contribution is 5.29. The molecule has 0 N–H and O–H groups in total. The maximum absolute atomic E-state index is 5.77. The van der Waals surface area contributed by atoms with Gasteiger partial charge in [-0.1, -0.05) is 13.8 Å². The topological polar surface area (TPSA) is 60.0 Å². The number of aryl methyl sites for hydroxylation is 2. The Morgan fingerprint density at radius 3 is 2.64 bits per heavy atom. The van der Waals surface area contributed by atoms with Crippen LogP contribution in [0.1, 0.15) is 67.4 Å². The second kappa shape index (κ2) is 5.83. The van der Waals surface area contributed by atoms with Gasteiger partial charge in [0.1, 0.15) is 0 Å². The normalized spacial score (nSPS) is 19.5. The number of hydrogen-bond acceptors (Lipinski definition) is 5. The summed E-state index contributed by atoms with van der Waals surface area (Å²) in [6, 6.07) is 0.406. The van der Waals surface area contributed by atoms with Gasteiger partial charge in [0.2, 0.25) is 11.8 Å². The van der Waals surface area contributed by atoms with Crippen LogP contribution in [0.5, 0.6) is 0 Å². The molecule has 3 rings (SSSR count). The first kappa shape index (κ1) is 15.2. The van der Waals surface area contributed by atoms with E-state index in [4.69, 9.17) is 4.42 Å². The molecule has 3 heterocycles. The molecule has 0 bridgehead atoms. The van der Waals surface area contributed by atoms with Crippen molar-refractivity contribution < 1.29 is 4.42 Å². The van der Waals surface area contributed by atoms with Crippen molar-refractivity contribution in [2.45, 2.75) is 59.0 Å². The molecule has 2 aromatic heterocycles. The Labute approximate surface area is 131 Å². The molecular weight excluding hydrogens is 278 g/mol. The molecule has 1 atom stereocenters. The van der Waals surface area contributed by atoms with E-state index in [0.717, 1.165) is 30.6 Å². The van der Waals surface area contributed by atoms with Crippen LogP contribution in [-0.4, -0.2) is 31.4 Å². The number of aromatic nitrogens is 4. The first-order valence-corrected chi connectivity index (χ1v) is 8.03. The van der Waals surface area contributed by atoms with Crippen LogP contribution in [0, 0.1) is 13.8 Å².